The van der Waals surface area contributed by atoms with Gasteiger partial charge in [-0.15, -0.1) is 0 Å². The monoisotopic (exact) mass is 324 g/mol. The summed E-state index contributed by atoms with van der Waals surface area (Å²) < 4.78 is 5.90. The summed E-state index contributed by atoms with van der Waals surface area (Å²) in [7, 11) is 2.14. The first-order valence-electron chi connectivity index (χ1n) is 8.48. The highest BCUT2D eigenvalue weighted by atomic mass is 16.5. The van der Waals surface area contributed by atoms with E-state index in [4.69, 9.17) is 4.74 Å². The maximum absolute atomic E-state index is 12.6. The zero-order valence-corrected chi connectivity index (χ0v) is 14.1. The predicted molar refractivity (Wildman–Crippen MR) is 95.8 cm³/mol. The van der Waals surface area contributed by atoms with Gasteiger partial charge in [0, 0.05) is 39.1 Å². The van der Waals surface area contributed by atoms with Gasteiger partial charge in [-0.1, -0.05) is 30.3 Å². The second-order valence-corrected chi connectivity index (χ2v) is 6.23. The molecule has 0 atom stereocenters. The number of para-hydroxylation sites is 2. The Hall–Kier alpha value is -2.17. The number of piperazine rings is 1. The molecule has 0 bridgehead atoms. The Morgan fingerprint density at radius 3 is 2.38 bits per heavy atom. The van der Waals surface area contributed by atoms with Crippen molar-refractivity contribution in [3.05, 3.63) is 60.2 Å². The molecule has 0 radical (unpaired) electrons. The lowest BCUT2D eigenvalue weighted by atomic mass is 10.1. The van der Waals surface area contributed by atoms with E-state index in [1.54, 1.807) is 0 Å². The lowest BCUT2D eigenvalue weighted by molar-refractivity contribution is 0.0939. The molecule has 2 aromatic carbocycles. The quantitative estimate of drug-likeness (QED) is 0.763. The van der Waals surface area contributed by atoms with Crippen molar-refractivity contribution >= 4 is 5.78 Å². The Labute approximate surface area is 143 Å². The third-order valence-corrected chi connectivity index (χ3v) is 4.41. The van der Waals surface area contributed by atoms with E-state index in [1.807, 2.05) is 54.6 Å². The minimum absolute atomic E-state index is 0.139. The highest BCUT2D eigenvalue weighted by Crippen LogP contribution is 2.26. The summed E-state index contributed by atoms with van der Waals surface area (Å²) in [6, 6.07) is 17.1. The molecule has 4 nitrogen and oxygen atoms in total. The number of ether oxygens (including phenoxy) is 1. The van der Waals surface area contributed by atoms with E-state index in [2.05, 4.69) is 16.8 Å². The molecule has 1 aliphatic heterocycles. The van der Waals surface area contributed by atoms with Gasteiger partial charge in [-0.2, -0.15) is 0 Å². The first kappa shape index (κ1) is 16.7. The lowest BCUT2D eigenvalue weighted by Gasteiger charge is -2.32. The molecular weight excluding hydrogens is 300 g/mol. The molecule has 0 amide bonds. The number of benzene rings is 2. The number of ketones is 1. The third kappa shape index (κ3) is 4.43. The van der Waals surface area contributed by atoms with E-state index in [9.17, 15) is 4.79 Å². The highest BCUT2D eigenvalue weighted by molar-refractivity contribution is 5.98. The van der Waals surface area contributed by atoms with Gasteiger partial charge in [-0.3, -0.25) is 4.79 Å². The number of rotatable bonds is 6. The van der Waals surface area contributed by atoms with Crippen LogP contribution in [0.3, 0.4) is 0 Å². The Kier molecular flexibility index (Phi) is 5.62. The number of carbonyl (C=O) groups is 1. The van der Waals surface area contributed by atoms with E-state index in [0.717, 1.165) is 38.5 Å². The van der Waals surface area contributed by atoms with E-state index < -0.39 is 0 Å². The van der Waals surface area contributed by atoms with Crippen molar-refractivity contribution < 1.29 is 9.53 Å². The zero-order valence-electron chi connectivity index (χ0n) is 14.1. The number of nitrogens with zero attached hydrogens (tertiary/aromatic N) is 2. The normalized spacial score (nSPS) is 16.0. The van der Waals surface area contributed by atoms with E-state index >= 15 is 0 Å². The molecule has 0 saturated carbocycles. The fourth-order valence-electron chi connectivity index (χ4n) is 2.87. The van der Waals surface area contributed by atoms with Crippen molar-refractivity contribution in [2.24, 2.45) is 0 Å². The fourth-order valence-corrected chi connectivity index (χ4v) is 2.87. The van der Waals surface area contributed by atoms with Crippen molar-refractivity contribution in [1.29, 1.82) is 0 Å². The fraction of sp³-hybridized carbons (Fsp3) is 0.350. The Morgan fingerprint density at radius 2 is 1.62 bits per heavy atom. The van der Waals surface area contributed by atoms with Crippen LogP contribution < -0.4 is 4.74 Å². The summed E-state index contributed by atoms with van der Waals surface area (Å²) in [4.78, 5) is 17.3. The molecule has 0 spiro atoms. The van der Waals surface area contributed by atoms with Gasteiger partial charge in [0.2, 0.25) is 0 Å². The molecule has 0 aliphatic carbocycles. The molecule has 24 heavy (non-hydrogen) atoms. The average molecular weight is 324 g/mol. The first-order valence-corrected chi connectivity index (χ1v) is 8.48. The first-order chi connectivity index (χ1) is 11.7. The minimum Gasteiger partial charge on any atom is -0.457 e. The average Bonchev–Trinajstić information content (AvgIpc) is 2.62. The van der Waals surface area contributed by atoms with Gasteiger partial charge in [0.25, 0.3) is 0 Å². The summed E-state index contributed by atoms with van der Waals surface area (Å²) in [6.45, 7) is 5.02. The molecule has 0 N–H and O–H groups in total. The van der Waals surface area contributed by atoms with Crippen LogP contribution in [0.2, 0.25) is 0 Å². The van der Waals surface area contributed by atoms with Crippen LogP contribution in [0.1, 0.15) is 16.8 Å². The molecule has 1 saturated heterocycles. The summed E-state index contributed by atoms with van der Waals surface area (Å²) in [6.07, 6.45) is 0.527. The maximum Gasteiger partial charge on any atom is 0.167 e. The van der Waals surface area contributed by atoms with Crippen molar-refractivity contribution in [3.63, 3.8) is 0 Å². The Morgan fingerprint density at radius 1 is 0.958 bits per heavy atom. The number of hydrogen-bond acceptors (Lipinski definition) is 4. The van der Waals surface area contributed by atoms with Gasteiger partial charge in [0.15, 0.2) is 5.78 Å². The molecule has 3 rings (SSSR count). The largest absolute Gasteiger partial charge is 0.457 e. The standard InChI is InChI=1S/C20H24N2O2/c1-21-13-15-22(16-14-21)12-11-19(23)18-9-5-6-10-20(18)24-17-7-3-2-4-8-17/h2-10H,11-16H2,1H3. The van der Waals surface area contributed by atoms with Crippen LogP contribution >= 0.6 is 0 Å². The number of hydrogen-bond donors (Lipinski definition) is 0. The highest BCUT2D eigenvalue weighted by Gasteiger charge is 2.17. The molecular formula is C20H24N2O2. The summed E-state index contributed by atoms with van der Waals surface area (Å²) in [5.74, 6) is 1.52. The summed E-state index contributed by atoms with van der Waals surface area (Å²) in [5.41, 5.74) is 0.662. The van der Waals surface area contributed by atoms with Gasteiger partial charge >= 0.3 is 0 Å². The van der Waals surface area contributed by atoms with Crippen molar-refractivity contribution in [3.8, 4) is 11.5 Å². The Bertz CT molecular complexity index is 664. The molecule has 0 aromatic heterocycles. The maximum atomic E-state index is 12.6. The van der Waals surface area contributed by atoms with Crippen LogP contribution in [-0.4, -0.2) is 55.4 Å². The predicted octanol–water partition coefficient (Wildman–Crippen LogP) is 3.30. The van der Waals surface area contributed by atoms with Gasteiger partial charge in [0.1, 0.15) is 11.5 Å². The molecule has 126 valence electrons. The van der Waals surface area contributed by atoms with E-state index in [0.29, 0.717) is 17.7 Å². The molecule has 1 fully saturated rings. The summed E-state index contributed by atoms with van der Waals surface area (Å²) >= 11 is 0. The Balaban J connectivity index is 1.62. The number of Topliss-reactive ketones (excluding diaryl/α,β-unsaturated/α-hetero) is 1. The van der Waals surface area contributed by atoms with Gasteiger partial charge in [-0.25, -0.2) is 0 Å². The van der Waals surface area contributed by atoms with Gasteiger partial charge < -0.3 is 14.5 Å². The zero-order chi connectivity index (χ0) is 16.8. The number of likely N-dealkylation sites (N-methyl/N-ethyl adjacent to an activating group) is 1. The molecule has 0 unspecified atom stereocenters. The third-order valence-electron chi connectivity index (χ3n) is 4.41. The van der Waals surface area contributed by atoms with E-state index in [-0.39, 0.29) is 5.78 Å². The van der Waals surface area contributed by atoms with Gasteiger partial charge in [-0.05, 0) is 31.3 Å². The van der Waals surface area contributed by atoms with E-state index in [1.165, 1.54) is 0 Å². The molecule has 2 aromatic rings. The van der Waals surface area contributed by atoms with Crippen LogP contribution in [0.15, 0.2) is 54.6 Å². The SMILES string of the molecule is CN1CCN(CCC(=O)c2ccccc2Oc2ccccc2)CC1. The second-order valence-electron chi connectivity index (χ2n) is 6.23. The molecule has 4 heteroatoms. The van der Waals surface area contributed by atoms with Crippen LogP contribution in [-0.2, 0) is 0 Å². The van der Waals surface area contributed by atoms with Crippen molar-refractivity contribution in [2.75, 3.05) is 39.8 Å². The van der Waals surface area contributed by atoms with Crippen LogP contribution in [0.25, 0.3) is 0 Å². The van der Waals surface area contributed by atoms with Crippen LogP contribution in [0.4, 0.5) is 0 Å². The van der Waals surface area contributed by atoms with Crippen LogP contribution in [0.5, 0.6) is 11.5 Å². The minimum atomic E-state index is 0.139. The molecule has 1 aliphatic rings. The van der Waals surface area contributed by atoms with Crippen LogP contribution in [0, 0.1) is 0 Å². The van der Waals surface area contributed by atoms with Crippen molar-refractivity contribution in [1.82, 2.24) is 9.80 Å². The topological polar surface area (TPSA) is 32.8 Å². The summed E-state index contributed by atoms with van der Waals surface area (Å²) in [5, 5.41) is 0. The van der Waals surface area contributed by atoms with Crippen molar-refractivity contribution in [2.45, 2.75) is 6.42 Å². The number of carbonyl (C=O) groups excluding carboxylic acids is 1. The second kappa shape index (κ2) is 8.08. The smallest absolute Gasteiger partial charge is 0.167 e. The lowest BCUT2D eigenvalue weighted by Crippen LogP contribution is -2.45. The molecule has 1 heterocycles. The van der Waals surface area contributed by atoms with Gasteiger partial charge in [0.05, 0.1) is 5.56 Å².